The molecule has 0 saturated heterocycles. The Kier molecular flexibility index (Phi) is 3.17. The molecule has 2 N–H and O–H groups in total. The summed E-state index contributed by atoms with van der Waals surface area (Å²) in [5.41, 5.74) is 1.82. The fourth-order valence-corrected chi connectivity index (χ4v) is 2.24. The lowest BCUT2D eigenvalue weighted by molar-refractivity contribution is -0.123. The molecule has 0 unspecified atom stereocenters. The number of anilines is 2. The Balaban J connectivity index is 1.70. The number of benzene rings is 1. The molecule has 1 aliphatic heterocycles. The summed E-state index contributed by atoms with van der Waals surface area (Å²) in [6.07, 6.45) is 0.0233. The van der Waals surface area contributed by atoms with Crippen molar-refractivity contribution in [1.29, 1.82) is 0 Å². The number of carbonyl (C=O) groups excluding carboxylic acids is 2. The van der Waals surface area contributed by atoms with Crippen LogP contribution in [-0.4, -0.2) is 26.6 Å². The Morgan fingerprint density at radius 2 is 2.05 bits per heavy atom. The smallest absolute Gasteiger partial charge is 0.252 e. The van der Waals surface area contributed by atoms with Gasteiger partial charge in [-0.2, -0.15) is 10.1 Å². The molecule has 2 heterocycles. The Morgan fingerprint density at radius 1 is 1.33 bits per heavy atom. The van der Waals surface area contributed by atoms with Gasteiger partial charge >= 0.3 is 0 Å². The minimum Gasteiger partial charge on any atom is -0.326 e. The maximum atomic E-state index is 12.1. The summed E-state index contributed by atoms with van der Waals surface area (Å²) in [5.74, 6) is 0.462. The van der Waals surface area contributed by atoms with Crippen LogP contribution in [0.3, 0.4) is 0 Å². The topological polar surface area (TPSA) is 88.9 Å². The number of hydrogen-bond acceptors (Lipinski definition) is 4. The van der Waals surface area contributed by atoms with Crippen molar-refractivity contribution in [1.82, 2.24) is 14.8 Å². The van der Waals surface area contributed by atoms with E-state index in [2.05, 4.69) is 20.7 Å². The monoisotopic (exact) mass is 285 g/mol. The molecule has 21 heavy (non-hydrogen) atoms. The highest BCUT2D eigenvalue weighted by molar-refractivity contribution is 6.00. The zero-order valence-electron chi connectivity index (χ0n) is 11.8. The summed E-state index contributed by atoms with van der Waals surface area (Å²) in [6.45, 7) is 3.71. The zero-order chi connectivity index (χ0) is 15.0. The molecule has 1 aliphatic rings. The van der Waals surface area contributed by atoms with Crippen molar-refractivity contribution in [3.8, 4) is 0 Å². The van der Waals surface area contributed by atoms with Crippen molar-refractivity contribution >= 4 is 23.5 Å². The molecule has 108 valence electrons. The molecule has 0 saturated carbocycles. The third-order valence-electron chi connectivity index (χ3n) is 3.28. The molecule has 1 atom stereocenters. The van der Waals surface area contributed by atoms with E-state index < -0.39 is 6.04 Å². The molecule has 1 aromatic heterocycles. The molecule has 0 fully saturated rings. The van der Waals surface area contributed by atoms with Gasteiger partial charge in [0.25, 0.3) is 5.91 Å². The fraction of sp³-hybridized carbons (Fsp3) is 0.286. The van der Waals surface area contributed by atoms with Crippen molar-refractivity contribution in [2.45, 2.75) is 26.3 Å². The first-order valence-corrected chi connectivity index (χ1v) is 6.63. The van der Waals surface area contributed by atoms with Gasteiger partial charge in [0.2, 0.25) is 11.9 Å². The first-order valence-electron chi connectivity index (χ1n) is 6.63. The number of nitrogens with one attached hydrogen (secondary N) is 2. The zero-order valence-corrected chi connectivity index (χ0v) is 11.8. The molecule has 0 aliphatic carbocycles. The second kappa shape index (κ2) is 5.01. The molecule has 7 heteroatoms. The van der Waals surface area contributed by atoms with Crippen LogP contribution in [0.4, 0.5) is 11.6 Å². The predicted molar refractivity (Wildman–Crippen MR) is 76.9 cm³/mol. The summed E-state index contributed by atoms with van der Waals surface area (Å²) < 4.78 is 1.46. The van der Waals surface area contributed by atoms with Crippen molar-refractivity contribution in [2.75, 3.05) is 10.6 Å². The average Bonchev–Trinajstić information content (AvgIpc) is 2.90. The lowest BCUT2D eigenvalue weighted by Gasteiger charge is -2.09. The van der Waals surface area contributed by atoms with Crippen molar-refractivity contribution in [2.24, 2.45) is 0 Å². The van der Waals surface area contributed by atoms with Gasteiger partial charge in [-0.3, -0.25) is 14.9 Å². The number of aryl methyl sites for hydroxylation is 2. The Hall–Kier alpha value is -2.70. The number of amides is 2. The summed E-state index contributed by atoms with van der Waals surface area (Å²) in [4.78, 5) is 28.0. The van der Waals surface area contributed by atoms with Crippen LogP contribution in [0.1, 0.15) is 23.9 Å². The molecule has 0 bridgehead atoms. The van der Waals surface area contributed by atoms with E-state index >= 15 is 0 Å². The Labute approximate surface area is 121 Å². The van der Waals surface area contributed by atoms with Crippen LogP contribution in [0.15, 0.2) is 24.3 Å². The van der Waals surface area contributed by atoms with Crippen molar-refractivity contribution in [3.63, 3.8) is 0 Å². The molecule has 7 nitrogen and oxygen atoms in total. The van der Waals surface area contributed by atoms with Gasteiger partial charge in [0.1, 0.15) is 11.9 Å². The Bertz CT molecular complexity index is 705. The van der Waals surface area contributed by atoms with Crippen LogP contribution < -0.4 is 10.6 Å². The lowest BCUT2D eigenvalue weighted by Crippen LogP contribution is -2.23. The first-order chi connectivity index (χ1) is 10.0. The molecular formula is C14H15N5O2. The number of fused-ring (bicyclic) bond motifs is 1. The second-order valence-electron chi connectivity index (χ2n) is 5.05. The van der Waals surface area contributed by atoms with E-state index in [9.17, 15) is 9.59 Å². The van der Waals surface area contributed by atoms with Crippen molar-refractivity contribution < 1.29 is 9.59 Å². The summed E-state index contributed by atoms with van der Waals surface area (Å²) in [6, 6.07) is 6.83. The number of nitrogens with zero attached hydrogens (tertiary/aromatic N) is 3. The minimum absolute atomic E-state index is 0.0233. The predicted octanol–water partition coefficient (Wildman–Crippen LogP) is 1.42. The van der Waals surface area contributed by atoms with Gasteiger partial charge in [0.05, 0.1) is 6.42 Å². The molecule has 0 spiro atoms. The third-order valence-corrected chi connectivity index (χ3v) is 3.28. The van der Waals surface area contributed by atoms with Gasteiger partial charge in [0, 0.05) is 5.69 Å². The quantitative estimate of drug-likeness (QED) is 0.892. The minimum atomic E-state index is -0.647. The van der Waals surface area contributed by atoms with Crippen LogP contribution in [0, 0.1) is 13.8 Å². The number of carbonyl (C=O) groups is 2. The van der Waals surface area contributed by atoms with Crippen molar-refractivity contribution in [3.05, 3.63) is 35.7 Å². The lowest BCUT2D eigenvalue weighted by atomic mass is 10.2. The highest BCUT2D eigenvalue weighted by atomic mass is 16.2. The van der Waals surface area contributed by atoms with Gasteiger partial charge in [-0.25, -0.2) is 4.68 Å². The third kappa shape index (κ3) is 2.62. The molecular weight excluding hydrogens is 270 g/mol. The first kappa shape index (κ1) is 13.3. The maximum absolute atomic E-state index is 12.1. The fourth-order valence-electron chi connectivity index (χ4n) is 2.24. The summed E-state index contributed by atoms with van der Waals surface area (Å²) in [5, 5.41) is 9.53. The molecule has 2 amide bonds. The van der Waals surface area contributed by atoms with Crippen LogP contribution >= 0.6 is 0 Å². The van der Waals surface area contributed by atoms with E-state index in [0.717, 1.165) is 5.56 Å². The molecule has 2 aromatic rings. The maximum Gasteiger partial charge on any atom is 0.252 e. The van der Waals surface area contributed by atoms with E-state index in [1.807, 2.05) is 31.2 Å². The molecule has 1 aromatic carbocycles. The highest BCUT2D eigenvalue weighted by Gasteiger charge is 2.34. The van der Waals surface area contributed by atoms with Crippen LogP contribution in [-0.2, 0) is 9.59 Å². The Morgan fingerprint density at radius 3 is 2.76 bits per heavy atom. The van der Waals surface area contributed by atoms with E-state index in [-0.39, 0.29) is 18.2 Å². The van der Waals surface area contributed by atoms with Gasteiger partial charge in [0.15, 0.2) is 0 Å². The van der Waals surface area contributed by atoms with Gasteiger partial charge < -0.3 is 5.32 Å². The number of aromatic nitrogens is 3. The molecule has 0 radical (unpaired) electrons. The SMILES string of the molecule is Cc1ccc(NC(=O)C[C@@H]2C(=O)Nc3nc(C)nn32)cc1. The summed E-state index contributed by atoms with van der Waals surface area (Å²) in [7, 11) is 0. The van der Waals surface area contributed by atoms with Gasteiger partial charge in [-0.1, -0.05) is 17.7 Å². The van der Waals surface area contributed by atoms with E-state index in [4.69, 9.17) is 0 Å². The summed E-state index contributed by atoms with van der Waals surface area (Å²) >= 11 is 0. The van der Waals surface area contributed by atoms with Crippen LogP contribution in [0.25, 0.3) is 0 Å². The number of rotatable bonds is 3. The van der Waals surface area contributed by atoms with Crippen LogP contribution in [0.5, 0.6) is 0 Å². The van der Waals surface area contributed by atoms with Gasteiger partial charge in [-0.15, -0.1) is 0 Å². The van der Waals surface area contributed by atoms with Crippen LogP contribution in [0.2, 0.25) is 0 Å². The molecule has 3 rings (SSSR count). The normalized spacial score (nSPS) is 16.5. The van der Waals surface area contributed by atoms with Gasteiger partial charge in [-0.05, 0) is 26.0 Å². The van der Waals surface area contributed by atoms with E-state index in [1.165, 1.54) is 4.68 Å². The number of hydrogen-bond donors (Lipinski definition) is 2. The average molecular weight is 285 g/mol. The highest BCUT2D eigenvalue weighted by Crippen LogP contribution is 2.25. The van der Waals surface area contributed by atoms with E-state index in [0.29, 0.717) is 17.5 Å². The largest absolute Gasteiger partial charge is 0.326 e. The van der Waals surface area contributed by atoms with E-state index in [1.54, 1.807) is 6.92 Å². The standard InChI is InChI=1S/C14H15N5O2/c1-8-3-5-10(6-4-8)16-12(20)7-11-13(21)17-14-15-9(2)18-19(11)14/h3-6,11H,7H2,1-2H3,(H,16,20)(H,15,17,18,21)/t11-/m1/s1. The second-order valence-corrected chi connectivity index (χ2v) is 5.05.